The zero-order valence-electron chi connectivity index (χ0n) is 17.4. The van der Waals surface area contributed by atoms with Gasteiger partial charge in [-0.05, 0) is 66.7 Å². The molecule has 5 rings (SSSR count). The Labute approximate surface area is 173 Å². The van der Waals surface area contributed by atoms with Gasteiger partial charge in [-0.2, -0.15) is 0 Å². The SMILES string of the molecule is C[C@]12C=CC(=O)C=C1[C@H](OCc1ccccc1)C[C@@H]1[C@@H]2CC[C@]2(C)C(=O)CC[C@@H]12. The molecule has 3 fully saturated rings. The number of fused-ring (bicyclic) bond motifs is 5. The largest absolute Gasteiger partial charge is 0.369 e. The van der Waals surface area contributed by atoms with Crippen molar-refractivity contribution in [2.75, 3.05) is 0 Å². The fourth-order valence-electron chi connectivity index (χ4n) is 6.92. The summed E-state index contributed by atoms with van der Waals surface area (Å²) >= 11 is 0. The van der Waals surface area contributed by atoms with Gasteiger partial charge in [-0.3, -0.25) is 9.59 Å². The summed E-state index contributed by atoms with van der Waals surface area (Å²) in [6, 6.07) is 10.2. The molecule has 0 spiro atoms. The van der Waals surface area contributed by atoms with Crippen LogP contribution in [0.1, 0.15) is 51.5 Å². The minimum absolute atomic E-state index is 0.0617. The highest BCUT2D eigenvalue weighted by atomic mass is 16.5. The Morgan fingerprint density at radius 2 is 1.86 bits per heavy atom. The van der Waals surface area contributed by atoms with Crippen molar-refractivity contribution in [3.05, 3.63) is 59.7 Å². The van der Waals surface area contributed by atoms with Crippen LogP contribution in [-0.4, -0.2) is 17.7 Å². The van der Waals surface area contributed by atoms with Crippen LogP contribution in [0.5, 0.6) is 0 Å². The summed E-state index contributed by atoms with van der Waals surface area (Å²) in [6.07, 6.45) is 10.4. The van der Waals surface area contributed by atoms with Crippen molar-refractivity contribution in [2.45, 2.75) is 58.7 Å². The minimum Gasteiger partial charge on any atom is -0.369 e. The van der Waals surface area contributed by atoms with Crippen LogP contribution < -0.4 is 0 Å². The summed E-state index contributed by atoms with van der Waals surface area (Å²) < 4.78 is 6.47. The van der Waals surface area contributed by atoms with E-state index in [1.165, 1.54) is 0 Å². The zero-order chi connectivity index (χ0) is 20.2. The molecule has 6 atom stereocenters. The smallest absolute Gasteiger partial charge is 0.178 e. The molecular formula is C26H30O3. The number of hydrogen-bond acceptors (Lipinski definition) is 3. The Kier molecular flexibility index (Phi) is 4.43. The van der Waals surface area contributed by atoms with Crippen molar-refractivity contribution in [2.24, 2.45) is 28.6 Å². The van der Waals surface area contributed by atoms with Crippen molar-refractivity contribution >= 4 is 11.6 Å². The van der Waals surface area contributed by atoms with Gasteiger partial charge in [-0.1, -0.05) is 50.3 Å². The zero-order valence-corrected chi connectivity index (χ0v) is 17.4. The lowest BCUT2D eigenvalue weighted by Gasteiger charge is -2.57. The van der Waals surface area contributed by atoms with E-state index < -0.39 is 0 Å². The molecule has 0 saturated heterocycles. The van der Waals surface area contributed by atoms with Crippen LogP contribution in [0.2, 0.25) is 0 Å². The standard InChI is InChI=1S/C26H30O3/c1-25-12-10-18(27)14-22(25)23(29-16-17-6-4-3-5-7-17)15-19-20-8-9-24(28)26(20,2)13-11-21(19)25/h3-7,10,12,14,19-21,23H,8-9,11,13,15-16H2,1-2H3/t19-,20-,21-,23+,25+,26-/m0/s1. The van der Waals surface area contributed by atoms with E-state index in [2.05, 4.69) is 32.1 Å². The minimum atomic E-state index is -0.156. The Morgan fingerprint density at radius 1 is 1.07 bits per heavy atom. The molecule has 0 radical (unpaired) electrons. The van der Waals surface area contributed by atoms with Gasteiger partial charge < -0.3 is 4.74 Å². The monoisotopic (exact) mass is 390 g/mol. The topological polar surface area (TPSA) is 43.4 Å². The van der Waals surface area contributed by atoms with E-state index in [0.29, 0.717) is 30.1 Å². The summed E-state index contributed by atoms with van der Waals surface area (Å²) in [5.41, 5.74) is 2.00. The number of carbonyl (C=O) groups is 2. The third-order valence-electron chi connectivity index (χ3n) is 8.56. The summed E-state index contributed by atoms with van der Waals surface area (Å²) in [4.78, 5) is 25.0. The fraction of sp³-hybridized carbons (Fsp3) is 0.538. The van der Waals surface area contributed by atoms with Crippen LogP contribution in [0.15, 0.2) is 54.1 Å². The molecule has 0 aliphatic heterocycles. The van der Waals surface area contributed by atoms with E-state index in [1.54, 1.807) is 6.08 Å². The second-order valence-corrected chi connectivity index (χ2v) is 9.93. The quantitative estimate of drug-likeness (QED) is 0.725. The highest BCUT2D eigenvalue weighted by molar-refractivity contribution is 6.01. The van der Waals surface area contributed by atoms with E-state index in [-0.39, 0.29) is 22.7 Å². The number of carbonyl (C=O) groups excluding carboxylic acids is 2. The first kappa shape index (κ1) is 19.0. The lowest BCUT2D eigenvalue weighted by Crippen LogP contribution is -2.53. The summed E-state index contributed by atoms with van der Waals surface area (Å²) in [6.45, 7) is 5.04. The van der Waals surface area contributed by atoms with Gasteiger partial charge in [-0.25, -0.2) is 0 Å². The van der Waals surface area contributed by atoms with Gasteiger partial charge in [0, 0.05) is 17.3 Å². The molecule has 4 aliphatic rings. The van der Waals surface area contributed by atoms with Gasteiger partial charge in [0.2, 0.25) is 0 Å². The molecule has 0 N–H and O–H groups in total. The lowest BCUT2D eigenvalue weighted by atomic mass is 9.48. The molecule has 0 heterocycles. The highest BCUT2D eigenvalue weighted by Gasteiger charge is 2.60. The van der Waals surface area contributed by atoms with Crippen LogP contribution in [0.25, 0.3) is 0 Å². The molecular weight excluding hydrogens is 360 g/mol. The molecule has 152 valence electrons. The van der Waals surface area contributed by atoms with Crippen LogP contribution in [0, 0.1) is 28.6 Å². The van der Waals surface area contributed by atoms with E-state index >= 15 is 0 Å². The Morgan fingerprint density at radius 3 is 2.66 bits per heavy atom. The number of Topliss-reactive ketones (excluding diaryl/α,β-unsaturated/α-hetero) is 1. The predicted molar refractivity (Wildman–Crippen MR) is 112 cm³/mol. The first-order valence-electron chi connectivity index (χ1n) is 11.1. The Hall–Kier alpha value is -2.00. The van der Waals surface area contributed by atoms with E-state index in [9.17, 15) is 9.59 Å². The van der Waals surface area contributed by atoms with Gasteiger partial charge in [0.05, 0.1) is 12.7 Å². The maximum absolute atomic E-state index is 12.7. The number of ether oxygens (including phenoxy) is 1. The molecule has 0 amide bonds. The molecule has 3 nitrogen and oxygen atoms in total. The predicted octanol–water partition coefficient (Wildman–Crippen LogP) is 5.06. The maximum Gasteiger partial charge on any atom is 0.178 e. The summed E-state index contributed by atoms with van der Waals surface area (Å²) in [5.74, 6) is 1.94. The van der Waals surface area contributed by atoms with Crippen molar-refractivity contribution < 1.29 is 14.3 Å². The number of ketones is 2. The van der Waals surface area contributed by atoms with Crippen LogP contribution in [-0.2, 0) is 20.9 Å². The van der Waals surface area contributed by atoms with Gasteiger partial charge in [0.25, 0.3) is 0 Å². The van der Waals surface area contributed by atoms with Gasteiger partial charge in [0.15, 0.2) is 5.78 Å². The number of hydrogen-bond donors (Lipinski definition) is 0. The molecule has 3 saturated carbocycles. The molecule has 0 bridgehead atoms. The average molecular weight is 391 g/mol. The molecule has 1 aromatic carbocycles. The second kappa shape index (κ2) is 6.77. The lowest BCUT2D eigenvalue weighted by molar-refractivity contribution is -0.133. The maximum atomic E-state index is 12.7. The molecule has 1 aromatic rings. The molecule has 0 unspecified atom stereocenters. The van der Waals surface area contributed by atoms with E-state index in [1.807, 2.05) is 24.3 Å². The fourth-order valence-corrected chi connectivity index (χ4v) is 6.92. The summed E-state index contributed by atoms with van der Waals surface area (Å²) in [5, 5.41) is 0. The van der Waals surface area contributed by atoms with Gasteiger partial charge >= 0.3 is 0 Å². The second-order valence-electron chi connectivity index (χ2n) is 9.93. The van der Waals surface area contributed by atoms with Crippen LogP contribution >= 0.6 is 0 Å². The Bertz CT molecular complexity index is 898. The van der Waals surface area contributed by atoms with Crippen LogP contribution in [0.4, 0.5) is 0 Å². The average Bonchev–Trinajstić information content (AvgIpc) is 3.03. The third-order valence-corrected chi connectivity index (χ3v) is 8.56. The first-order valence-corrected chi connectivity index (χ1v) is 11.1. The molecule has 3 heteroatoms. The first-order chi connectivity index (χ1) is 13.9. The van der Waals surface area contributed by atoms with E-state index in [4.69, 9.17) is 4.74 Å². The molecule has 29 heavy (non-hydrogen) atoms. The van der Waals surface area contributed by atoms with Gasteiger partial charge in [0.1, 0.15) is 5.78 Å². The van der Waals surface area contributed by atoms with Crippen molar-refractivity contribution in [3.8, 4) is 0 Å². The highest BCUT2D eigenvalue weighted by Crippen LogP contribution is 2.63. The van der Waals surface area contributed by atoms with Crippen molar-refractivity contribution in [3.63, 3.8) is 0 Å². The van der Waals surface area contributed by atoms with Crippen molar-refractivity contribution in [1.29, 1.82) is 0 Å². The van der Waals surface area contributed by atoms with Crippen LogP contribution in [0.3, 0.4) is 0 Å². The molecule has 4 aliphatic carbocycles. The van der Waals surface area contributed by atoms with Gasteiger partial charge in [-0.15, -0.1) is 0 Å². The number of rotatable bonds is 3. The Balaban J connectivity index is 1.48. The summed E-state index contributed by atoms with van der Waals surface area (Å²) in [7, 11) is 0. The number of benzene rings is 1. The third kappa shape index (κ3) is 2.89. The van der Waals surface area contributed by atoms with Crippen molar-refractivity contribution in [1.82, 2.24) is 0 Å². The molecule has 0 aromatic heterocycles. The number of allylic oxidation sites excluding steroid dienone is 3. The van der Waals surface area contributed by atoms with E-state index in [0.717, 1.165) is 43.2 Å². The normalized spacial score (nSPS) is 40.8.